The monoisotopic (exact) mass is 257 g/mol. The molecule has 0 fully saturated rings. The zero-order chi connectivity index (χ0) is 12.9. The van der Waals surface area contributed by atoms with Gasteiger partial charge in [-0.15, -0.1) is 11.6 Å². The van der Waals surface area contributed by atoms with Crippen LogP contribution in [0.1, 0.15) is 25.8 Å². The van der Waals surface area contributed by atoms with E-state index >= 15 is 0 Å². The normalized spacial score (nSPS) is 11.3. The van der Waals surface area contributed by atoms with Crippen LogP contribution in [0, 0.1) is 5.82 Å². The van der Waals surface area contributed by atoms with Crippen LogP contribution in [-0.4, -0.2) is 17.3 Å². The van der Waals surface area contributed by atoms with Crippen LogP contribution < -0.4 is 5.32 Å². The standard InChI is InChI=1S/C13H17ClFNO/c1-13(2,7-8-14)16-12(17)9-10-3-5-11(15)6-4-10/h3-6H,7-9H2,1-2H3,(H,16,17). The molecule has 0 spiro atoms. The molecule has 0 aliphatic heterocycles. The lowest BCUT2D eigenvalue weighted by Gasteiger charge is -2.25. The van der Waals surface area contributed by atoms with Gasteiger partial charge in [-0.05, 0) is 38.0 Å². The fourth-order valence-electron chi connectivity index (χ4n) is 1.51. The summed E-state index contributed by atoms with van der Waals surface area (Å²) in [6, 6.07) is 5.94. The quantitative estimate of drug-likeness (QED) is 0.808. The Hall–Kier alpha value is -1.09. The first kappa shape index (κ1) is 14.0. The molecule has 0 radical (unpaired) electrons. The highest BCUT2D eigenvalue weighted by molar-refractivity contribution is 6.17. The SMILES string of the molecule is CC(C)(CCCl)NC(=O)Cc1ccc(F)cc1. The molecule has 1 rings (SSSR count). The average Bonchev–Trinajstić information content (AvgIpc) is 2.20. The average molecular weight is 258 g/mol. The van der Waals surface area contributed by atoms with Crippen LogP contribution in [0.15, 0.2) is 24.3 Å². The van der Waals surface area contributed by atoms with Gasteiger partial charge in [0.15, 0.2) is 0 Å². The summed E-state index contributed by atoms with van der Waals surface area (Å²) in [6.45, 7) is 3.86. The van der Waals surface area contributed by atoms with E-state index in [1.54, 1.807) is 12.1 Å². The summed E-state index contributed by atoms with van der Waals surface area (Å²) in [6.07, 6.45) is 0.968. The molecule has 0 saturated carbocycles. The lowest BCUT2D eigenvalue weighted by Crippen LogP contribution is -2.44. The van der Waals surface area contributed by atoms with Gasteiger partial charge in [0.25, 0.3) is 0 Å². The summed E-state index contributed by atoms with van der Waals surface area (Å²) in [5.74, 6) is 0.132. The van der Waals surface area contributed by atoms with Crippen LogP contribution in [0.5, 0.6) is 0 Å². The number of hydrogen-bond acceptors (Lipinski definition) is 1. The van der Waals surface area contributed by atoms with Crippen molar-refractivity contribution in [3.05, 3.63) is 35.6 Å². The molecule has 0 aromatic heterocycles. The van der Waals surface area contributed by atoms with E-state index < -0.39 is 0 Å². The Morgan fingerprint density at radius 2 is 1.94 bits per heavy atom. The van der Waals surface area contributed by atoms with E-state index in [-0.39, 0.29) is 23.7 Å². The molecule has 2 nitrogen and oxygen atoms in total. The van der Waals surface area contributed by atoms with Crippen molar-refractivity contribution in [2.75, 3.05) is 5.88 Å². The maximum absolute atomic E-state index is 12.7. The van der Waals surface area contributed by atoms with Gasteiger partial charge >= 0.3 is 0 Å². The molecule has 0 unspecified atom stereocenters. The van der Waals surface area contributed by atoms with Gasteiger partial charge < -0.3 is 5.32 Å². The zero-order valence-electron chi connectivity index (χ0n) is 10.1. The summed E-state index contributed by atoms with van der Waals surface area (Å²) >= 11 is 5.65. The summed E-state index contributed by atoms with van der Waals surface area (Å²) in [5, 5.41) is 2.90. The minimum absolute atomic E-state index is 0.0771. The lowest BCUT2D eigenvalue weighted by atomic mass is 10.0. The topological polar surface area (TPSA) is 29.1 Å². The molecule has 1 amide bonds. The molecular weight excluding hydrogens is 241 g/mol. The predicted octanol–water partition coefficient (Wildman–Crippen LogP) is 2.89. The zero-order valence-corrected chi connectivity index (χ0v) is 10.9. The van der Waals surface area contributed by atoms with Crippen LogP contribution in [0.2, 0.25) is 0 Å². The molecule has 0 bridgehead atoms. The smallest absolute Gasteiger partial charge is 0.224 e. The first-order chi connectivity index (χ1) is 7.93. The number of amides is 1. The Kier molecular flexibility index (Phi) is 4.94. The van der Waals surface area contributed by atoms with Crippen molar-refractivity contribution in [3.63, 3.8) is 0 Å². The van der Waals surface area contributed by atoms with E-state index in [2.05, 4.69) is 5.32 Å². The molecule has 1 aromatic rings. The minimum Gasteiger partial charge on any atom is -0.351 e. The number of nitrogens with one attached hydrogen (secondary N) is 1. The molecule has 0 heterocycles. The Morgan fingerprint density at radius 3 is 2.47 bits per heavy atom. The summed E-state index contributed by atoms with van der Waals surface area (Å²) in [4.78, 5) is 11.7. The van der Waals surface area contributed by atoms with Gasteiger partial charge in [0.2, 0.25) is 5.91 Å². The lowest BCUT2D eigenvalue weighted by molar-refractivity contribution is -0.122. The molecule has 0 aliphatic rings. The molecule has 17 heavy (non-hydrogen) atoms. The van der Waals surface area contributed by atoms with Crippen molar-refractivity contribution in [3.8, 4) is 0 Å². The van der Waals surface area contributed by atoms with Gasteiger partial charge in [-0.1, -0.05) is 12.1 Å². The Morgan fingerprint density at radius 1 is 1.35 bits per heavy atom. The molecule has 4 heteroatoms. The van der Waals surface area contributed by atoms with Crippen molar-refractivity contribution in [1.29, 1.82) is 0 Å². The Labute approximate surface area is 106 Å². The molecule has 94 valence electrons. The summed E-state index contributed by atoms with van der Waals surface area (Å²) < 4.78 is 12.7. The third-order valence-corrected chi connectivity index (χ3v) is 2.66. The van der Waals surface area contributed by atoms with E-state index in [0.29, 0.717) is 12.3 Å². The molecular formula is C13H17ClFNO. The number of carbonyl (C=O) groups excluding carboxylic acids is 1. The van der Waals surface area contributed by atoms with Gasteiger partial charge in [0, 0.05) is 11.4 Å². The molecule has 0 atom stereocenters. The van der Waals surface area contributed by atoms with Crippen molar-refractivity contribution in [2.24, 2.45) is 0 Å². The first-order valence-electron chi connectivity index (χ1n) is 5.54. The molecule has 0 aliphatic carbocycles. The maximum Gasteiger partial charge on any atom is 0.224 e. The van der Waals surface area contributed by atoms with E-state index in [4.69, 9.17) is 11.6 Å². The van der Waals surface area contributed by atoms with Crippen molar-refractivity contribution < 1.29 is 9.18 Å². The highest BCUT2D eigenvalue weighted by Crippen LogP contribution is 2.10. The van der Waals surface area contributed by atoms with Gasteiger partial charge in [-0.2, -0.15) is 0 Å². The van der Waals surface area contributed by atoms with Crippen LogP contribution in [-0.2, 0) is 11.2 Å². The highest BCUT2D eigenvalue weighted by atomic mass is 35.5. The maximum atomic E-state index is 12.7. The van der Waals surface area contributed by atoms with Crippen LogP contribution in [0.4, 0.5) is 4.39 Å². The van der Waals surface area contributed by atoms with E-state index in [1.807, 2.05) is 13.8 Å². The third kappa shape index (κ3) is 5.18. The minimum atomic E-state index is -0.307. The third-order valence-electron chi connectivity index (χ3n) is 2.48. The fraction of sp³-hybridized carbons (Fsp3) is 0.462. The summed E-state index contributed by atoms with van der Waals surface area (Å²) in [7, 11) is 0. The molecule has 0 saturated heterocycles. The number of halogens is 2. The molecule has 1 aromatic carbocycles. The Balaban J connectivity index is 2.52. The number of rotatable bonds is 5. The highest BCUT2D eigenvalue weighted by Gasteiger charge is 2.19. The van der Waals surface area contributed by atoms with Crippen LogP contribution >= 0.6 is 11.6 Å². The number of hydrogen-bond donors (Lipinski definition) is 1. The van der Waals surface area contributed by atoms with Crippen molar-refractivity contribution >= 4 is 17.5 Å². The second-order valence-electron chi connectivity index (χ2n) is 4.67. The number of carbonyl (C=O) groups is 1. The van der Waals surface area contributed by atoms with Gasteiger partial charge in [0.1, 0.15) is 5.82 Å². The van der Waals surface area contributed by atoms with Crippen molar-refractivity contribution in [2.45, 2.75) is 32.2 Å². The fourth-order valence-corrected chi connectivity index (χ4v) is 1.98. The summed E-state index contributed by atoms with van der Waals surface area (Å²) in [5.41, 5.74) is 0.490. The first-order valence-corrected chi connectivity index (χ1v) is 6.08. The molecule has 1 N–H and O–H groups in total. The van der Waals surface area contributed by atoms with E-state index in [0.717, 1.165) is 5.56 Å². The Bertz CT molecular complexity index is 376. The van der Waals surface area contributed by atoms with Gasteiger partial charge in [0.05, 0.1) is 6.42 Å². The second kappa shape index (κ2) is 6.01. The predicted molar refractivity (Wildman–Crippen MR) is 67.7 cm³/mol. The van der Waals surface area contributed by atoms with Crippen LogP contribution in [0.25, 0.3) is 0 Å². The number of benzene rings is 1. The van der Waals surface area contributed by atoms with E-state index in [1.165, 1.54) is 12.1 Å². The van der Waals surface area contributed by atoms with Gasteiger partial charge in [-0.3, -0.25) is 4.79 Å². The largest absolute Gasteiger partial charge is 0.351 e. The number of alkyl halides is 1. The second-order valence-corrected chi connectivity index (χ2v) is 5.05. The van der Waals surface area contributed by atoms with Crippen LogP contribution in [0.3, 0.4) is 0 Å². The van der Waals surface area contributed by atoms with Crippen molar-refractivity contribution in [1.82, 2.24) is 5.32 Å². The van der Waals surface area contributed by atoms with E-state index in [9.17, 15) is 9.18 Å². The van der Waals surface area contributed by atoms with Gasteiger partial charge in [-0.25, -0.2) is 4.39 Å².